The van der Waals surface area contributed by atoms with Crippen molar-refractivity contribution in [1.29, 1.82) is 0 Å². The van der Waals surface area contributed by atoms with Crippen LogP contribution in [-0.4, -0.2) is 5.91 Å². The van der Waals surface area contributed by atoms with Gasteiger partial charge in [0, 0.05) is 5.69 Å². The van der Waals surface area contributed by atoms with E-state index in [0.717, 1.165) is 36.4 Å². The molecule has 2 rings (SSSR count). The molecule has 1 N–H and O–H groups in total. The molecule has 0 aliphatic heterocycles. The first kappa shape index (κ1) is 17.8. The van der Waals surface area contributed by atoms with E-state index in [4.69, 9.17) is 0 Å². The average molecular weight is 347 g/mol. The third-order valence-electron chi connectivity index (χ3n) is 3.11. The number of rotatable bonds is 3. The fourth-order valence-electron chi connectivity index (χ4n) is 1.99. The second kappa shape index (κ2) is 6.54. The summed E-state index contributed by atoms with van der Waals surface area (Å²) in [7, 11) is 0. The quantitative estimate of drug-likeness (QED) is 0.786. The number of anilines is 1. The Hall–Kier alpha value is -2.51. The van der Waals surface area contributed by atoms with Crippen LogP contribution < -0.4 is 5.32 Å². The first-order chi connectivity index (χ1) is 11.1. The van der Waals surface area contributed by atoms with Crippen LogP contribution in [0, 0.1) is 0 Å². The lowest BCUT2D eigenvalue weighted by atomic mass is 10.1. The average Bonchev–Trinajstić information content (AvgIpc) is 2.46. The molecule has 2 nitrogen and oxygen atoms in total. The minimum Gasteiger partial charge on any atom is -0.326 e. The van der Waals surface area contributed by atoms with E-state index in [1.54, 1.807) is 0 Å². The SMILES string of the molecule is O=C(Cc1cccc(C(F)(F)F)c1)Nc1ccc(C(F)(F)F)cc1. The second-order valence-electron chi connectivity index (χ2n) is 5.00. The Morgan fingerprint density at radius 1 is 0.833 bits per heavy atom. The van der Waals surface area contributed by atoms with Crippen molar-refractivity contribution in [2.45, 2.75) is 18.8 Å². The van der Waals surface area contributed by atoms with Gasteiger partial charge in [0.15, 0.2) is 0 Å². The van der Waals surface area contributed by atoms with Crippen molar-refractivity contribution in [1.82, 2.24) is 0 Å². The van der Waals surface area contributed by atoms with Crippen LogP contribution >= 0.6 is 0 Å². The first-order valence-corrected chi connectivity index (χ1v) is 6.69. The lowest BCUT2D eigenvalue weighted by molar-refractivity contribution is -0.138. The van der Waals surface area contributed by atoms with Crippen LogP contribution in [-0.2, 0) is 23.6 Å². The molecule has 0 aliphatic carbocycles. The van der Waals surface area contributed by atoms with E-state index >= 15 is 0 Å². The largest absolute Gasteiger partial charge is 0.416 e. The third-order valence-corrected chi connectivity index (χ3v) is 3.11. The van der Waals surface area contributed by atoms with Gasteiger partial charge in [-0.1, -0.05) is 18.2 Å². The number of amides is 1. The number of halogens is 6. The van der Waals surface area contributed by atoms with Gasteiger partial charge in [0.25, 0.3) is 0 Å². The first-order valence-electron chi connectivity index (χ1n) is 6.69. The summed E-state index contributed by atoms with van der Waals surface area (Å²) in [5, 5.41) is 2.34. The summed E-state index contributed by atoms with van der Waals surface area (Å²) >= 11 is 0. The molecule has 2 aromatic rings. The zero-order valence-corrected chi connectivity index (χ0v) is 12.0. The van der Waals surface area contributed by atoms with Gasteiger partial charge in [0.05, 0.1) is 17.5 Å². The summed E-state index contributed by atoms with van der Waals surface area (Å²) < 4.78 is 75.1. The molecule has 0 bridgehead atoms. The highest BCUT2D eigenvalue weighted by atomic mass is 19.4. The van der Waals surface area contributed by atoms with Gasteiger partial charge in [-0.2, -0.15) is 26.3 Å². The number of hydrogen-bond acceptors (Lipinski definition) is 1. The van der Waals surface area contributed by atoms with Crippen molar-refractivity contribution in [3.05, 3.63) is 65.2 Å². The highest BCUT2D eigenvalue weighted by Gasteiger charge is 2.31. The van der Waals surface area contributed by atoms with Gasteiger partial charge < -0.3 is 5.32 Å². The van der Waals surface area contributed by atoms with E-state index in [1.165, 1.54) is 12.1 Å². The molecule has 0 radical (unpaired) electrons. The van der Waals surface area contributed by atoms with E-state index in [9.17, 15) is 31.1 Å². The Bertz CT molecular complexity index is 719. The van der Waals surface area contributed by atoms with Gasteiger partial charge >= 0.3 is 12.4 Å². The minimum absolute atomic E-state index is 0.125. The van der Waals surface area contributed by atoms with Gasteiger partial charge in [0.2, 0.25) is 5.91 Å². The molecule has 8 heteroatoms. The second-order valence-corrected chi connectivity index (χ2v) is 5.00. The van der Waals surface area contributed by atoms with Crippen molar-refractivity contribution >= 4 is 11.6 Å². The third kappa shape index (κ3) is 4.74. The van der Waals surface area contributed by atoms with E-state index in [0.29, 0.717) is 0 Å². The summed E-state index contributed by atoms with van der Waals surface area (Å²) in [6, 6.07) is 8.05. The molecule has 0 heterocycles. The molecule has 0 atom stereocenters. The Morgan fingerprint density at radius 2 is 1.42 bits per heavy atom. The highest BCUT2D eigenvalue weighted by Crippen LogP contribution is 2.30. The molecule has 0 spiro atoms. The molecule has 128 valence electrons. The monoisotopic (exact) mass is 347 g/mol. The smallest absolute Gasteiger partial charge is 0.326 e. The molecule has 0 aromatic heterocycles. The van der Waals surface area contributed by atoms with Crippen molar-refractivity contribution in [2.75, 3.05) is 5.32 Å². The normalized spacial score (nSPS) is 12.1. The molecule has 0 fully saturated rings. The number of alkyl halides is 6. The maximum Gasteiger partial charge on any atom is 0.416 e. The predicted molar refractivity (Wildman–Crippen MR) is 75.2 cm³/mol. The lowest BCUT2D eigenvalue weighted by Gasteiger charge is -2.10. The standard InChI is InChI=1S/C16H11F6NO/c17-15(18,19)11-4-6-13(7-5-11)23-14(24)9-10-2-1-3-12(8-10)16(20,21)22/h1-8H,9H2,(H,23,24). The van der Waals surface area contributed by atoms with Crippen molar-refractivity contribution < 1.29 is 31.1 Å². The van der Waals surface area contributed by atoms with Crippen LogP contribution in [0.25, 0.3) is 0 Å². The minimum atomic E-state index is -4.51. The van der Waals surface area contributed by atoms with Crippen LogP contribution in [0.2, 0.25) is 0 Å². The summed E-state index contributed by atoms with van der Waals surface area (Å²) in [5.74, 6) is -0.630. The molecule has 2 aromatic carbocycles. The van der Waals surface area contributed by atoms with Crippen LogP contribution in [0.15, 0.2) is 48.5 Å². The van der Waals surface area contributed by atoms with Crippen molar-refractivity contribution in [3.63, 3.8) is 0 Å². The van der Waals surface area contributed by atoms with Crippen LogP contribution in [0.4, 0.5) is 32.0 Å². The molecule has 24 heavy (non-hydrogen) atoms. The molecular formula is C16H11F6NO. The summed E-state index contributed by atoms with van der Waals surface area (Å²) in [5.41, 5.74) is -1.46. The molecule has 0 aliphatic rings. The van der Waals surface area contributed by atoms with Gasteiger partial charge in [-0.15, -0.1) is 0 Å². The molecule has 1 amide bonds. The zero-order chi connectivity index (χ0) is 18.0. The Kier molecular flexibility index (Phi) is 4.86. The maximum atomic E-state index is 12.6. The highest BCUT2D eigenvalue weighted by molar-refractivity contribution is 5.92. The summed E-state index contributed by atoms with van der Waals surface area (Å²) in [4.78, 5) is 11.8. The zero-order valence-electron chi connectivity index (χ0n) is 12.0. The Morgan fingerprint density at radius 3 is 1.96 bits per heavy atom. The summed E-state index contributed by atoms with van der Waals surface area (Å²) in [6.45, 7) is 0. The van der Waals surface area contributed by atoms with Crippen LogP contribution in [0.3, 0.4) is 0 Å². The van der Waals surface area contributed by atoms with Crippen LogP contribution in [0.1, 0.15) is 16.7 Å². The maximum absolute atomic E-state index is 12.6. The van der Waals surface area contributed by atoms with Gasteiger partial charge in [-0.3, -0.25) is 4.79 Å². The van der Waals surface area contributed by atoms with Gasteiger partial charge in [-0.25, -0.2) is 0 Å². The topological polar surface area (TPSA) is 29.1 Å². The fourth-order valence-corrected chi connectivity index (χ4v) is 1.99. The molecule has 0 saturated carbocycles. The van der Waals surface area contributed by atoms with Crippen molar-refractivity contribution in [3.8, 4) is 0 Å². The Balaban J connectivity index is 2.03. The lowest BCUT2D eigenvalue weighted by Crippen LogP contribution is -2.15. The van der Waals surface area contributed by atoms with Gasteiger partial charge in [0.1, 0.15) is 0 Å². The predicted octanol–water partition coefficient (Wildman–Crippen LogP) is 4.91. The van der Waals surface area contributed by atoms with E-state index in [-0.39, 0.29) is 17.7 Å². The fraction of sp³-hybridized carbons (Fsp3) is 0.188. The van der Waals surface area contributed by atoms with Crippen LogP contribution in [0.5, 0.6) is 0 Å². The molecular weight excluding hydrogens is 336 g/mol. The summed E-state index contributed by atoms with van der Waals surface area (Å²) in [6.07, 6.45) is -9.33. The number of carbonyl (C=O) groups is 1. The van der Waals surface area contributed by atoms with Gasteiger partial charge in [-0.05, 0) is 35.9 Å². The molecule has 0 unspecified atom stereocenters. The molecule has 0 saturated heterocycles. The van der Waals surface area contributed by atoms with E-state index in [2.05, 4.69) is 5.32 Å². The number of nitrogens with one attached hydrogen (secondary N) is 1. The Labute approximate surface area is 133 Å². The number of benzene rings is 2. The van der Waals surface area contributed by atoms with Crippen molar-refractivity contribution in [2.24, 2.45) is 0 Å². The van der Waals surface area contributed by atoms with E-state index in [1.807, 2.05) is 0 Å². The number of carbonyl (C=O) groups excluding carboxylic acids is 1. The number of hydrogen-bond donors (Lipinski definition) is 1. The van der Waals surface area contributed by atoms with E-state index < -0.39 is 29.4 Å².